The van der Waals surface area contributed by atoms with Crippen molar-refractivity contribution in [1.29, 1.82) is 0 Å². The molecule has 1 aromatic heterocycles. The van der Waals surface area contributed by atoms with E-state index in [1.54, 1.807) is 6.08 Å². The number of carbonyl (C=O) groups is 1. The Morgan fingerprint density at radius 3 is 2.50 bits per heavy atom. The van der Waals surface area contributed by atoms with E-state index < -0.39 is 12.1 Å². The van der Waals surface area contributed by atoms with Crippen LogP contribution in [0.3, 0.4) is 0 Å². The molecule has 3 aromatic rings. The van der Waals surface area contributed by atoms with Gasteiger partial charge in [-0.15, -0.1) is 0 Å². The van der Waals surface area contributed by atoms with E-state index in [4.69, 9.17) is 4.52 Å². The van der Waals surface area contributed by atoms with E-state index in [1.165, 1.54) is 0 Å². The molecule has 0 spiro atoms. The van der Waals surface area contributed by atoms with Gasteiger partial charge >= 0.3 is 5.97 Å². The first kappa shape index (κ1) is 14.4. The van der Waals surface area contributed by atoms with Crippen molar-refractivity contribution in [1.82, 2.24) is 5.16 Å². The molecule has 1 aliphatic rings. The van der Waals surface area contributed by atoms with Gasteiger partial charge in [0.2, 0.25) is 0 Å². The number of aromatic nitrogens is 1. The number of aliphatic hydroxyl groups excluding tert-OH is 1. The lowest BCUT2D eigenvalue weighted by molar-refractivity contribution is 0.0685. The number of nitrogens with zero attached hydrogens (tertiary/aromatic N) is 1. The highest BCUT2D eigenvalue weighted by Gasteiger charge is 2.31. The number of rotatable bonds is 3. The standard InChI is InChI=1S/C19H13NO4/c21-15-10-14(12-8-4-5-9-13(12)15)16-17(19(22)23)20-24-18(16)11-6-2-1-3-7-11/h1-10,15,21H,(H,22,23). The van der Waals surface area contributed by atoms with Crippen LogP contribution in [0.5, 0.6) is 0 Å². The van der Waals surface area contributed by atoms with Gasteiger partial charge < -0.3 is 14.7 Å². The van der Waals surface area contributed by atoms with Crippen molar-refractivity contribution in [2.24, 2.45) is 0 Å². The van der Waals surface area contributed by atoms with E-state index in [2.05, 4.69) is 5.16 Å². The van der Waals surface area contributed by atoms with E-state index in [9.17, 15) is 15.0 Å². The molecule has 4 rings (SSSR count). The zero-order valence-corrected chi connectivity index (χ0v) is 12.5. The van der Waals surface area contributed by atoms with Crippen molar-refractivity contribution in [3.05, 3.63) is 83.1 Å². The largest absolute Gasteiger partial charge is 0.476 e. The molecule has 118 valence electrons. The van der Waals surface area contributed by atoms with Crippen LogP contribution < -0.4 is 0 Å². The minimum absolute atomic E-state index is 0.163. The van der Waals surface area contributed by atoms with E-state index in [-0.39, 0.29) is 5.69 Å². The Morgan fingerprint density at radius 1 is 1.04 bits per heavy atom. The number of carboxylic acid groups (broad SMARTS) is 1. The van der Waals surface area contributed by atoms with Gasteiger partial charge in [0.25, 0.3) is 0 Å². The maximum Gasteiger partial charge on any atom is 0.358 e. The molecule has 0 aliphatic heterocycles. The summed E-state index contributed by atoms with van der Waals surface area (Å²) in [4.78, 5) is 11.6. The smallest absolute Gasteiger partial charge is 0.358 e. The second kappa shape index (κ2) is 5.47. The molecule has 2 aromatic carbocycles. The molecule has 1 atom stereocenters. The predicted octanol–water partition coefficient (Wildman–Crippen LogP) is 3.52. The summed E-state index contributed by atoms with van der Waals surface area (Å²) in [5.74, 6) is -0.793. The van der Waals surface area contributed by atoms with Gasteiger partial charge in [-0.25, -0.2) is 4.79 Å². The predicted molar refractivity (Wildman–Crippen MR) is 87.4 cm³/mol. The lowest BCUT2D eigenvalue weighted by Gasteiger charge is -2.07. The van der Waals surface area contributed by atoms with Crippen molar-refractivity contribution >= 4 is 11.5 Å². The van der Waals surface area contributed by atoms with Gasteiger partial charge in [-0.3, -0.25) is 0 Å². The van der Waals surface area contributed by atoms with Crippen LogP contribution >= 0.6 is 0 Å². The summed E-state index contributed by atoms with van der Waals surface area (Å²) in [6.45, 7) is 0. The Kier molecular flexibility index (Phi) is 3.29. The summed E-state index contributed by atoms with van der Waals surface area (Å²) in [6.07, 6.45) is 0.854. The van der Waals surface area contributed by atoms with Crippen molar-refractivity contribution in [3.63, 3.8) is 0 Å². The molecule has 1 heterocycles. The monoisotopic (exact) mass is 319 g/mol. The minimum Gasteiger partial charge on any atom is -0.476 e. The number of carboxylic acids is 1. The summed E-state index contributed by atoms with van der Waals surface area (Å²) >= 11 is 0. The maximum atomic E-state index is 11.6. The molecule has 1 unspecified atom stereocenters. The molecule has 2 N–H and O–H groups in total. The lowest BCUT2D eigenvalue weighted by atomic mass is 9.95. The third-order valence-electron chi connectivity index (χ3n) is 4.09. The molecular formula is C19H13NO4. The molecule has 0 saturated carbocycles. The molecule has 0 bridgehead atoms. The first-order valence-electron chi connectivity index (χ1n) is 7.44. The molecule has 0 amide bonds. The molecule has 0 radical (unpaired) electrons. The van der Waals surface area contributed by atoms with Crippen molar-refractivity contribution < 1.29 is 19.5 Å². The minimum atomic E-state index is -1.17. The van der Waals surface area contributed by atoms with E-state index in [0.717, 1.165) is 16.7 Å². The maximum absolute atomic E-state index is 11.6. The summed E-state index contributed by atoms with van der Waals surface area (Å²) in [5, 5.41) is 23.5. The van der Waals surface area contributed by atoms with Crippen LogP contribution in [0.4, 0.5) is 0 Å². The highest BCUT2D eigenvalue weighted by molar-refractivity contribution is 6.00. The van der Waals surface area contributed by atoms with Crippen LogP contribution in [0, 0.1) is 0 Å². The molecule has 5 heteroatoms. The van der Waals surface area contributed by atoms with Crippen LogP contribution in [-0.2, 0) is 0 Å². The van der Waals surface area contributed by atoms with Crippen LogP contribution in [0.15, 0.2) is 65.2 Å². The van der Waals surface area contributed by atoms with Crippen molar-refractivity contribution in [2.45, 2.75) is 6.10 Å². The highest BCUT2D eigenvalue weighted by atomic mass is 16.5. The van der Waals surface area contributed by atoms with Crippen LogP contribution in [0.25, 0.3) is 16.9 Å². The zero-order valence-electron chi connectivity index (χ0n) is 12.5. The quantitative estimate of drug-likeness (QED) is 0.771. The van der Waals surface area contributed by atoms with E-state index in [0.29, 0.717) is 16.9 Å². The molecule has 0 fully saturated rings. The Labute approximate surface area is 137 Å². The number of fused-ring (bicyclic) bond motifs is 1. The van der Waals surface area contributed by atoms with Crippen molar-refractivity contribution in [3.8, 4) is 11.3 Å². The second-order valence-electron chi connectivity index (χ2n) is 5.52. The van der Waals surface area contributed by atoms with E-state index >= 15 is 0 Å². The fourth-order valence-electron chi connectivity index (χ4n) is 3.03. The number of aliphatic hydroxyl groups is 1. The Morgan fingerprint density at radius 2 is 1.75 bits per heavy atom. The van der Waals surface area contributed by atoms with Crippen LogP contribution in [0.2, 0.25) is 0 Å². The van der Waals surface area contributed by atoms with Gasteiger partial charge in [0.15, 0.2) is 11.5 Å². The Balaban J connectivity index is 1.97. The summed E-state index contributed by atoms with van der Waals surface area (Å²) < 4.78 is 5.35. The summed E-state index contributed by atoms with van der Waals surface area (Å²) in [7, 11) is 0. The number of benzene rings is 2. The third-order valence-corrected chi connectivity index (χ3v) is 4.09. The number of hydrogen-bond donors (Lipinski definition) is 2. The van der Waals surface area contributed by atoms with Gasteiger partial charge in [-0.2, -0.15) is 0 Å². The van der Waals surface area contributed by atoms with Gasteiger partial charge in [0, 0.05) is 5.56 Å². The average Bonchev–Trinajstić information content (AvgIpc) is 3.18. The number of hydrogen-bond acceptors (Lipinski definition) is 4. The second-order valence-corrected chi connectivity index (χ2v) is 5.52. The number of aromatic carboxylic acids is 1. The molecule has 1 aliphatic carbocycles. The van der Waals surface area contributed by atoms with Gasteiger partial charge in [0.05, 0.1) is 11.7 Å². The molecule has 24 heavy (non-hydrogen) atoms. The van der Waals surface area contributed by atoms with Gasteiger partial charge in [0.1, 0.15) is 0 Å². The zero-order chi connectivity index (χ0) is 16.7. The molecule has 0 saturated heterocycles. The third kappa shape index (κ3) is 2.14. The average molecular weight is 319 g/mol. The van der Waals surface area contributed by atoms with Gasteiger partial charge in [-0.05, 0) is 22.8 Å². The first-order valence-corrected chi connectivity index (χ1v) is 7.44. The SMILES string of the molecule is O=C(O)c1noc(-c2ccccc2)c1C1=CC(O)c2ccccc21. The molecule has 5 nitrogen and oxygen atoms in total. The molecular weight excluding hydrogens is 306 g/mol. The van der Waals surface area contributed by atoms with E-state index in [1.807, 2.05) is 54.6 Å². The lowest BCUT2D eigenvalue weighted by Crippen LogP contribution is -2.02. The van der Waals surface area contributed by atoms with Crippen LogP contribution in [-0.4, -0.2) is 21.3 Å². The first-order chi connectivity index (χ1) is 11.7. The Bertz CT molecular complexity index is 957. The fraction of sp³-hybridized carbons (Fsp3) is 0.0526. The summed E-state index contributed by atoms with van der Waals surface area (Å²) in [5.41, 5.74) is 3.10. The fourth-order valence-corrected chi connectivity index (χ4v) is 3.03. The van der Waals surface area contributed by atoms with Gasteiger partial charge in [-0.1, -0.05) is 59.8 Å². The topological polar surface area (TPSA) is 83.6 Å². The van der Waals surface area contributed by atoms with Crippen molar-refractivity contribution in [2.75, 3.05) is 0 Å². The summed E-state index contributed by atoms with van der Waals surface area (Å²) in [6, 6.07) is 16.6. The Hall–Kier alpha value is -3.18. The highest BCUT2D eigenvalue weighted by Crippen LogP contribution is 2.42. The van der Waals surface area contributed by atoms with Crippen LogP contribution in [0.1, 0.15) is 33.3 Å². The normalized spacial score (nSPS) is 15.9.